The van der Waals surface area contributed by atoms with Gasteiger partial charge in [0.05, 0.1) is 0 Å². The first-order valence-electron chi connectivity index (χ1n) is 10.7. The summed E-state index contributed by atoms with van der Waals surface area (Å²) in [4.78, 5) is 23.2. The van der Waals surface area contributed by atoms with E-state index in [1.807, 2.05) is 0 Å². The number of ether oxygens (including phenoxy) is 1. The highest BCUT2D eigenvalue weighted by Gasteiger charge is 2.67. The van der Waals surface area contributed by atoms with Crippen molar-refractivity contribution in [1.29, 1.82) is 0 Å². The van der Waals surface area contributed by atoms with Gasteiger partial charge in [0.1, 0.15) is 12.5 Å². The second kappa shape index (κ2) is 6.09. The number of carbonyl (C=O) groups excluding carboxylic acids is 1. The summed E-state index contributed by atoms with van der Waals surface area (Å²) in [6.07, 6.45) is 8.69. The summed E-state index contributed by atoms with van der Waals surface area (Å²) in [7, 11) is 0. The predicted molar refractivity (Wildman–Crippen MR) is 103 cm³/mol. The van der Waals surface area contributed by atoms with Crippen molar-refractivity contribution in [3.63, 3.8) is 0 Å². The van der Waals surface area contributed by atoms with Gasteiger partial charge in [0.15, 0.2) is 0 Å². The average Bonchev–Trinajstić information content (AvgIpc) is 2.74. The molecule has 4 aliphatic rings. The smallest absolute Gasteiger partial charge is 0.317 e. The Balaban J connectivity index is 1.68. The summed E-state index contributed by atoms with van der Waals surface area (Å²) < 4.78 is 5.87. The zero-order valence-corrected chi connectivity index (χ0v) is 17.1. The molecule has 0 amide bonds. The summed E-state index contributed by atoms with van der Waals surface area (Å²) >= 11 is 0. The molecule has 4 aliphatic carbocycles. The van der Waals surface area contributed by atoms with Crippen LogP contribution in [-0.2, 0) is 14.3 Å². The number of hydrogen-bond donors (Lipinski definition) is 1. The highest BCUT2D eigenvalue weighted by Crippen LogP contribution is 2.72. The van der Waals surface area contributed by atoms with E-state index in [1.165, 1.54) is 32.1 Å². The van der Waals surface area contributed by atoms with Crippen molar-refractivity contribution in [2.75, 3.05) is 0 Å². The third-order valence-electron chi connectivity index (χ3n) is 9.02. The van der Waals surface area contributed by atoms with Gasteiger partial charge in [0.2, 0.25) is 0 Å². The van der Waals surface area contributed by atoms with E-state index in [2.05, 4.69) is 27.4 Å². The Morgan fingerprint density at radius 2 is 1.85 bits per heavy atom. The van der Waals surface area contributed by atoms with Crippen LogP contribution in [-0.4, -0.2) is 23.1 Å². The molecular formula is C23H34O4. The third-order valence-corrected chi connectivity index (χ3v) is 9.02. The van der Waals surface area contributed by atoms with E-state index in [0.29, 0.717) is 17.3 Å². The Kier molecular flexibility index (Phi) is 4.29. The second-order valence-corrected chi connectivity index (χ2v) is 10.7. The fraction of sp³-hybridized carbons (Fsp3) is 0.826. The molecule has 0 aromatic rings. The molecule has 0 heterocycles. The van der Waals surface area contributed by atoms with Crippen LogP contribution in [0.4, 0.5) is 0 Å². The molecule has 1 spiro atoms. The fourth-order valence-corrected chi connectivity index (χ4v) is 8.15. The molecule has 1 N–H and O–H groups in total. The first-order valence-corrected chi connectivity index (χ1v) is 10.7. The molecule has 0 aliphatic heterocycles. The molecule has 0 aromatic carbocycles. The van der Waals surface area contributed by atoms with Crippen LogP contribution in [0, 0.1) is 34.0 Å². The van der Waals surface area contributed by atoms with Crippen LogP contribution >= 0.6 is 0 Å². The van der Waals surface area contributed by atoms with E-state index in [9.17, 15) is 9.59 Å². The number of carbonyl (C=O) groups is 2. The third kappa shape index (κ3) is 2.69. The van der Waals surface area contributed by atoms with Crippen molar-refractivity contribution >= 4 is 11.9 Å². The topological polar surface area (TPSA) is 63.6 Å². The molecule has 0 aromatic heterocycles. The summed E-state index contributed by atoms with van der Waals surface area (Å²) in [5.41, 5.74) is 1.68. The van der Waals surface area contributed by atoms with Gasteiger partial charge in [-0.05, 0) is 79.1 Å². The molecule has 4 fully saturated rings. The number of aliphatic carboxylic acids is 1. The van der Waals surface area contributed by atoms with Crippen molar-refractivity contribution in [1.82, 2.24) is 0 Å². The van der Waals surface area contributed by atoms with E-state index in [4.69, 9.17) is 9.84 Å². The van der Waals surface area contributed by atoms with Gasteiger partial charge in [-0.25, -0.2) is 0 Å². The maximum atomic E-state index is 12.2. The second-order valence-electron chi connectivity index (χ2n) is 10.7. The van der Waals surface area contributed by atoms with E-state index in [-0.39, 0.29) is 16.9 Å². The Labute approximate surface area is 162 Å². The Morgan fingerprint density at radius 1 is 1.11 bits per heavy atom. The molecule has 2 bridgehead atoms. The van der Waals surface area contributed by atoms with E-state index in [1.54, 1.807) is 0 Å². The Morgan fingerprint density at radius 3 is 2.56 bits per heavy atom. The van der Waals surface area contributed by atoms with Crippen LogP contribution in [0.25, 0.3) is 0 Å². The first-order chi connectivity index (χ1) is 12.6. The molecule has 4 nitrogen and oxygen atoms in total. The quantitative estimate of drug-likeness (QED) is 0.430. The highest BCUT2D eigenvalue weighted by atomic mass is 16.5. The van der Waals surface area contributed by atoms with Crippen LogP contribution in [0.3, 0.4) is 0 Å². The predicted octanol–water partition coefficient (Wildman–Crippen LogP) is 4.97. The maximum absolute atomic E-state index is 12.2. The van der Waals surface area contributed by atoms with Gasteiger partial charge in [-0.3, -0.25) is 9.59 Å². The van der Waals surface area contributed by atoms with Crippen LogP contribution in [0.1, 0.15) is 78.6 Å². The van der Waals surface area contributed by atoms with Gasteiger partial charge in [0.25, 0.3) is 0 Å². The number of rotatable bonds is 3. The number of esters is 1. The van der Waals surface area contributed by atoms with Crippen molar-refractivity contribution in [2.45, 2.75) is 84.7 Å². The van der Waals surface area contributed by atoms with Gasteiger partial charge < -0.3 is 9.84 Å². The van der Waals surface area contributed by atoms with Gasteiger partial charge in [0, 0.05) is 5.41 Å². The van der Waals surface area contributed by atoms with Crippen molar-refractivity contribution in [2.24, 2.45) is 34.0 Å². The van der Waals surface area contributed by atoms with Crippen LogP contribution in [0.15, 0.2) is 12.2 Å². The molecule has 4 heteroatoms. The van der Waals surface area contributed by atoms with Crippen molar-refractivity contribution in [3.8, 4) is 0 Å². The molecule has 4 saturated carbocycles. The Hall–Kier alpha value is -1.32. The lowest BCUT2D eigenvalue weighted by atomic mass is 9.41. The average molecular weight is 375 g/mol. The fourth-order valence-electron chi connectivity index (χ4n) is 8.15. The molecule has 6 atom stereocenters. The van der Waals surface area contributed by atoms with Crippen LogP contribution in [0.5, 0.6) is 0 Å². The molecular weight excluding hydrogens is 340 g/mol. The van der Waals surface area contributed by atoms with Crippen molar-refractivity contribution in [3.05, 3.63) is 12.2 Å². The van der Waals surface area contributed by atoms with Gasteiger partial charge >= 0.3 is 11.9 Å². The number of carboxylic acid groups (broad SMARTS) is 1. The summed E-state index contributed by atoms with van der Waals surface area (Å²) in [5, 5.41) is 8.97. The normalized spacial score (nSPS) is 44.9. The Bertz CT molecular complexity index is 680. The lowest BCUT2D eigenvalue weighted by Crippen LogP contribution is -2.58. The van der Waals surface area contributed by atoms with E-state index in [0.717, 1.165) is 30.8 Å². The summed E-state index contributed by atoms with van der Waals surface area (Å²) in [6, 6.07) is 0. The van der Waals surface area contributed by atoms with E-state index < -0.39 is 18.4 Å². The van der Waals surface area contributed by atoms with Gasteiger partial charge in [-0.1, -0.05) is 33.8 Å². The molecule has 6 unspecified atom stereocenters. The molecule has 0 saturated heterocycles. The van der Waals surface area contributed by atoms with Gasteiger partial charge in [-0.2, -0.15) is 0 Å². The minimum atomic E-state index is -1.12. The molecule has 0 radical (unpaired) electrons. The zero-order chi connectivity index (χ0) is 19.6. The first kappa shape index (κ1) is 19.0. The zero-order valence-electron chi connectivity index (χ0n) is 17.1. The monoisotopic (exact) mass is 374 g/mol. The molecule has 4 rings (SSSR count). The number of carboxylic acids is 1. The number of hydrogen-bond acceptors (Lipinski definition) is 3. The lowest BCUT2D eigenvalue weighted by molar-refractivity contribution is -0.185. The number of fused-ring (bicyclic) bond motifs is 3. The molecule has 150 valence electrons. The molecule has 27 heavy (non-hydrogen) atoms. The van der Waals surface area contributed by atoms with Crippen LogP contribution < -0.4 is 0 Å². The minimum absolute atomic E-state index is 0.0210. The van der Waals surface area contributed by atoms with Crippen molar-refractivity contribution < 1.29 is 19.4 Å². The SMILES string of the molecule is C=C1C2CCC3C4(C)CCCC(C)(C)C4CCC3(C2)C1OC(=O)CC(=O)O. The summed E-state index contributed by atoms with van der Waals surface area (Å²) in [5.74, 6) is -0.0341. The lowest BCUT2D eigenvalue weighted by Gasteiger charge is -2.64. The minimum Gasteiger partial charge on any atom is -0.481 e. The van der Waals surface area contributed by atoms with E-state index >= 15 is 0 Å². The highest BCUT2D eigenvalue weighted by molar-refractivity contribution is 5.90. The maximum Gasteiger partial charge on any atom is 0.317 e. The van der Waals surface area contributed by atoms with Crippen LogP contribution in [0.2, 0.25) is 0 Å². The summed E-state index contributed by atoms with van der Waals surface area (Å²) in [6.45, 7) is 11.7. The van der Waals surface area contributed by atoms with Gasteiger partial charge in [-0.15, -0.1) is 0 Å². The largest absolute Gasteiger partial charge is 0.481 e. The standard InChI is InChI=1S/C23H34O4/c1-14-15-6-7-17-22(4)10-5-9-21(2,3)16(22)8-11-23(17,13-15)20(14)27-19(26)12-18(24)25/h15-17,20H,1,5-13H2,2-4H3,(H,24,25).